The van der Waals surface area contributed by atoms with Crippen LogP contribution < -0.4 is 5.73 Å². The van der Waals surface area contributed by atoms with Gasteiger partial charge in [0.1, 0.15) is 11.6 Å². The van der Waals surface area contributed by atoms with Crippen LogP contribution in [0.4, 0.5) is 14.6 Å². The summed E-state index contributed by atoms with van der Waals surface area (Å²) in [5.74, 6) is -2.04. The smallest absolute Gasteiger partial charge is 0.207 e. The van der Waals surface area contributed by atoms with Gasteiger partial charge in [0.25, 0.3) is 0 Å². The molecule has 0 saturated carbocycles. The van der Waals surface area contributed by atoms with Gasteiger partial charge in [0.15, 0.2) is 11.5 Å². The fraction of sp³-hybridized carbons (Fsp3) is 0. The summed E-state index contributed by atoms with van der Waals surface area (Å²) >= 11 is 0. The number of nitrogens with one attached hydrogen (secondary N) is 1. The summed E-state index contributed by atoms with van der Waals surface area (Å²) in [6, 6.07) is 3.27. The first-order valence-corrected chi connectivity index (χ1v) is 7.17. The van der Waals surface area contributed by atoms with Gasteiger partial charge in [-0.25, -0.2) is 22.2 Å². The van der Waals surface area contributed by atoms with E-state index in [0.29, 0.717) is 6.07 Å². The molecule has 0 atom stereocenters. The molecule has 3 N–H and O–H groups in total. The number of hydrogen-bond acceptors (Lipinski definition) is 5. The number of nitrogens with two attached hydrogens (primary N) is 1. The number of fused-ring (bicyclic) bond motifs is 1. The number of anilines is 1. The maximum Gasteiger partial charge on any atom is 0.207 e. The van der Waals surface area contributed by atoms with Gasteiger partial charge in [0, 0.05) is 12.3 Å². The minimum atomic E-state index is -4.16. The van der Waals surface area contributed by atoms with Gasteiger partial charge in [-0.05, 0) is 18.2 Å². The second-order valence-electron chi connectivity index (χ2n) is 4.25. The van der Waals surface area contributed by atoms with Gasteiger partial charge in [0.2, 0.25) is 9.84 Å². The maximum atomic E-state index is 13.2. The first kappa shape index (κ1) is 13.4. The molecule has 0 spiro atoms. The number of aromatic amines is 1. The van der Waals surface area contributed by atoms with Crippen LogP contribution in [0.2, 0.25) is 0 Å². The van der Waals surface area contributed by atoms with Gasteiger partial charge in [-0.1, -0.05) is 0 Å². The molecule has 0 unspecified atom stereocenters. The summed E-state index contributed by atoms with van der Waals surface area (Å²) in [5.41, 5.74) is 5.79. The second-order valence-corrected chi connectivity index (χ2v) is 6.17. The third-order valence-corrected chi connectivity index (χ3v) is 4.66. The van der Waals surface area contributed by atoms with Crippen molar-refractivity contribution in [3.63, 3.8) is 0 Å². The highest BCUT2D eigenvalue weighted by Gasteiger charge is 2.24. The van der Waals surface area contributed by atoms with Gasteiger partial charge in [-0.2, -0.15) is 5.10 Å². The number of H-pyrrole nitrogens is 1. The molecule has 0 radical (unpaired) electrons. The minimum absolute atomic E-state index is 0.0615. The molecule has 0 saturated heterocycles. The largest absolute Gasteiger partial charge is 0.382 e. The number of pyridine rings is 1. The molecule has 0 amide bonds. The second kappa shape index (κ2) is 4.48. The van der Waals surface area contributed by atoms with E-state index in [1.54, 1.807) is 0 Å². The third-order valence-electron chi connectivity index (χ3n) is 2.89. The van der Waals surface area contributed by atoms with E-state index in [9.17, 15) is 17.2 Å². The Bertz CT molecular complexity index is 933. The highest BCUT2D eigenvalue weighted by atomic mass is 32.2. The summed E-state index contributed by atoms with van der Waals surface area (Å²) in [4.78, 5) is 3.17. The Morgan fingerprint density at radius 1 is 1.14 bits per heavy atom. The number of sulfone groups is 1. The zero-order valence-corrected chi connectivity index (χ0v) is 11.2. The lowest BCUT2D eigenvalue weighted by atomic mass is 10.3. The van der Waals surface area contributed by atoms with Crippen LogP contribution in [-0.2, 0) is 9.84 Å². The van der Waals surface area contributed by atoms with Crippen LogP contribution in [-0.4, -0.2) is 23.6 Å². The van der Waals surface area contributed by atoms with E-state index in [4.69, 9.17) is 5.73 Å². The van der Waals surface area contributed by atoms with Crippen molar-refractivity contribution in [2.75, 3.05) is 5.73 Å². The molecule has 9 heteroatoms. The molecule has 0 fully saturated rings. The predicted molar refractivity (Wildman–Crippen MR) is 70.1 cm³/mol. The lowest BCUT2D eigenvalue weighted by Gasteiger charge is -2.06. The highest BCUT2D eigenvalue weighted by molar-refractivity contribution is 7.91. The number of nitrogens with zero attached hydrogens (tertiary/aromatic N) is 2. The molecule has 2 aromatic heterocycles. The number of hydrogen-bond donors (Lipinski definition) is 2. The van der Waals surface area contributed by atoms with Crippen molar-refractivity contribution in [1.29, 1.82) is 0 Å². The Balaban J connectivity index is 2.32. The quantitative estimate of drug-likeness (QED) is 0.749. The van der Waals surface area contributed by atoms with Crippen LogP contribution in [0.25, 0.3) is 11.0 Å². The lowest BCUT2D eigenvalue weighted by Crippen LogP contribution is -2.05. The van der Waals surface area contributed by atoms with E-state index in [1.165, 1.54) is 12.3 Å². The maximum absolute atomic E-state index is 13.2. The van der Waals surface area contributed by atoms with E-state index in [0.717, 1.165) is 12.1 Å². The first-order valence-electron chi connectivity index (χ1n) is 5.69. The van der Waals surface area contributed by atoms with E-state index in [1.807, 2.05) is 0 Å². The van der Waals surface area contributed by atoms with Crippen molar-refractivity contribution in [1.82, 2.24) is 15.2 Å². The molecule has 0 aliphatic rings. The van der Waals surface area contributed by atoms with Crippen molar-refractivity contribution in [2.45, 2.75) is 9.79 Å². The van der Waals surface area contributed by atoms with Crippen LogP contribution in [0.1, 0.15) is 0 Å². The Morgan fingerprint density at radius 2 is 1.81 bits per heavy atom. The molecule has 6 nitrogen and oxygen atoms in total. The Hall–Kier alpha value is -2.55. The normalized spacial score (nSPS) is 11.9. The zero-order chi connectivity index (χ0) is 15.2. The van der Waals surface area contributed by atoms with Gasteiger partial charge in [-0.15, -0.1) is 0 Å². The summed E-state index contributed by atoms with van der Waals surface area (Å²) in [5, 5.41) is 6.24. The van der Waals surface area contributed by atoms with Crippen molar-refractivity contribution >= 4 is 26.7 Å². The average Bonchev–Trinajstić information content (AvgIpc) is 2.79. The van der Waals surface area contributed by atoms with E-state index >= 15 is 0 Å². The monoisotopic (exact) mass is 310 g/mol. The van der Waals surface area contributed by atoms with Crippen LogP contribution in [0.5, 0.6) is 0 Å². The third kappa shape index (κ3) is 2.11. The van der Waals surface area contributed by atoms with Crippen molar-refractivity contribution in [3.8, 4) is 0 Å². The highest BCUT2D eigenvalue weighted by Crippen LogP contribution is 2.30. The average molecular weight is 310 g/mol. The predicted octanol–water partition coefficient (Wildman–Crippen LogP) is 1.65. The molecule has 21 heavy (non-hydrogen) atoms. The fourth-order valence-corrected chi connectivity index (χ4v) is 3.48. The van der Waals surface area contributed by atoms with E-state index in [-0.39, 0.29) is 21.7 Å². The van der Waals surface area contributed by atoms with Crippen molar-refractivity contribution in [2.24, 2.45) is 0 Å². The standard InChI is InChI=1S/C12H8F2N4O2S/c13-6-3-7(14)5-8(4-6)21(19,20)9-1-2-16-12-10(9)11(15)17-18-12/h1-5H,(H3,15,16,17,18). The molecule has 0 aliphatic carbocycles. The van der Waals surface area contributed by atoms with Gasteiger partial charge >= 0.3 is 0 Å². The molecule has 108 valence electrons. The van der Waals surface area contributed by atoms with Gasteiger partial charge < -0.3 is 5.73 Å². The number of rotatable bonds is 2. The molecule has 2 heterocycles. The van der Waals surface area contributed by atoms with Gasteiger partial charge in [-0.3, -0.25) is 5.10 Å². The topological polar surface area (TPSA) is 102 Å². The summed E-state index contributed by atoms with van der Waals surface area (Å²) < 4.78 is 51.6. The van der Waals surface area contributed by atoms with Crippen LogP contribution in [0.15, 0.2) is 40.3 Å². The number of aromatic nitrogens is 3. The number of benzene rings is 1. The van der Waals surface area contributed by atoms with Crippen LogP contribution in [0, 0.1) is 11.6 Å². The Kier molecular flexibility index (Phi) is 2.87. The lowest BCUT2D eigenvalue weighted by molar-refractivity contribution is 0.567. The Labute approximate surface area is 117 Å². The molecular formula is C12H8F2N4O2S. The fourth-order valence-electron chi connectivity index (χ4n) is 1.98. The number of halogens is 2. The minimum Gasteiger partial charge on any atom is -0.382 e. The van der Waals surface area contributed by atoms with Crippen LogP contribution in [0.3, 0.4) is 0 Å². The molecular weight excluding hydrogens is 302 g/mol. The zero-order valence-electron chi connectivity index (χ0n) is 10.3. The summed E-state index contributed by atoms with van der Waals surface area (Å²) in [6.07, 6.45) is 1.24. The molecule has 3 rings (SSSR count). The van der Waals surface area contributed by atoms with Gasteiger partial charge in [0.05, 0.1) is 15.2 Å². The molecule has 0 aliphatic heterocycles. The SMILES string of the molecule is Nc1n[nH]c2nccc(S(=O)(=O)c3cc(F)cc(F)c3)c12. The van der Waals surface area contributed by atoms with E-state index < -0.39 is 26.4 Å². The summed E-state index contributed by atoms with van der Waals surface area (Å²) in [6.45, 7) is 0. The molecule has 3 aromatic rings. The van der Waals surface area contributed by atoms with Crippen molar-refractivity contribution in [3.05, 3.63) is 42.1 Å². The van der Waals surface area contributed by atoms with Crippen molar-refractivity contribution < 1.29 is 17.2 Å². The molecule has 0 bridgehead atoms. The number of nitrogen functional groups attached to an aromatic ring is 1. The molecule has 1 aromatic carbocycles. The van der Waals surface area contributed by atoms with Crippen LogP contribution >= 0.6 is 0 Å². The first-order chi connectivity index (χ1) is 9.89. The Morgan fingerprint density at radius 3 is 2.48 bits per heavy atom. The summed E-state index contributed by atoms with van der Waals surface area (Å²) in [7, 11) is -4.16. The van der Waals surface area contributed by atoms with E-state index in [2.05, 4.69) is 15.2 Å².